The molecule has 1 heteroatoms. The Morgan fingerprint density at radius 3 is 2.44 bits per heavy atom. The first-order chi connectivity index (χ1) is 8.75. The fourth-order valence-corrected chi connectivity index (χ4v) is 2.81. The number of rotatable bonds is 2. The predicted octanol–water partition coefficient (Wildman–Crippen LogP) is 4.51. The Morgan fingerprint density at radius 1 is 1.00 bits per heavy atom. The molecule has 3 rings (SSSR count). The zero-order chi connectivity index (χ0) is 12.5. The van der Waals surface area contributed by atoms with Crippen LogP contribution < -0.4 is 5.73 Å². The molecule has 1 nitrogen and oxygen atoms in total. The van der Waals surface area contributed by atoms with Crippen molar-refractivity contribution in [2.75, 3.05) is 5.73 Å². The van der Waals surface area contributed by atoms with Crippen LogP contribution in [0, 0.1) is 6.92 Å². The molecule has 0 spiro atoms. The van der Waals surface area contributed by atoms with Gasteiger partial charge in [-0.3, -0.25) is 0 Å². The lowest BCUT2D eigenvalue weighted by atomic mass is 9.77. The number of anilines is 1. The normalized spacial score (nSPS) is 15.4. The maximum absolute atomic E-state index is 5.84. The van der Waals surface area contributed by atoms with Crippen LogP contribution in [0.4, 0.5) is 5.69 Å². The summed E-state index contributed by atoms with van der Waals surface area (Å²) in [6, 6.07) is 15.0. The van der Waals surface area contributed by atoms with Crippen molar-refractivity contribution in [3.05, 3.63) is 53.6 Å². The fraction of sp³-hybridized carbons (Fsp3) is 0.294. The van der Waals surface area contributed by atoms with Gasteiger partial charge in [0.05, 0.1) is 0 Å². The highest BCUT2D eigenvalue weighted by atomic mass is 14.5. The van der Waals surface area contributed by atoms with Gasteiger partial charge in [-0.05, 0) is 60.1 Å². The van der Waals surface area contributed by atoms with E-state index < -0.39 is 0 Å². The van der Waals surface area contributed by atoms with Crippen molar-refractivity contribution in [1.82, 2.24) is 0 Å². The zero-order valence-electron chi connectivity index (χ0n) is 10.8. The van der Waals surface area contributed by atoms with Crippen molar-refractivity contribution in [2.24, 2.45) is 0 Å². The molecule has 0 saturated heterocycles. The summed E-state index contributed by atoms with van der Waals surface area (Å²) in [6.07, 6.45) is 4.05. The van der Waals surface area contributed by atoms with Crippen LogP contribution in [-0.4, -0.2) is 0 Å². The standard InChI is InChI=1S/C17H19N/c1-12-11-14(18)9-10-15(12)17-8-3-2-7-16(17)13-5-4-6-13/h2-3,7-11,13H,4-6,18H2,1H3. The highest BCUT2D eigenvalue weighted by Gasteiger charge is 2.22. The first-order valence-electron chi connectivity index (χ1n) is 6.71. The Labute approximate surface area is 109 Å². The first-order valence-corrected chi connectivity index (χ1v) is 6.71. The first kappa shape index (κ1) is 11.3. The Balaban J connectivity index is 2.10. The molecule has 1 aliphatic carbocycles. The van der Waals surface area contributed by atoms with Crippen molar-refractivity contribution < 1.29 is 0 Å². The second-order valence-corrected chi connectivity index (χ2v) is 5.29. The molecule has 2 N–H and O–H groups in total. The van der Waals surface area contributed by atoms with E-state index in [2.05, 4.69) is 43.3 Å². The third-order valence-corrected chi connectivity index (χ3v) is 4.05. The SMILES string of the molecule is Cc1cc(N)ccc1-c1ccccc1C1CCC1. The fourth-order valence-electron chi connectivity index (χ4n) is 2.81. The van der Waals surface area contributed by atoms with Crippen LogP contribution in [0.25, 0.3) is 11.1 Å². The average Bonchev–Trinajstić information content (AvgIpc) is 2.28. The van der Waals surface area contributed by atoms with E-state index in [1.54, 1.807) is 0 Å². The molecule has 0 aromatic heterocycles. The number of benzene rings is 2. The molecule has 0 radical (unpaired) electrons. The lowest BCUT2D eigenvalue weighted by Gasteiger charge is -2.28. The number of aryl methyl sites for hydroxylation is 1. The molecular weight excluding hydrogens is 218 g/mol. The van der Waals surface area contributed by atoms with E-state index in [1.165, 1.54) is 41.5 Å². The maximum atomic E-state index is 5.84. The van der Waals surface area contributed by atoms with Crippen LogP contribution >= 0.6 is 0 Å². The van der Waals surface area contributed by atoms with E-state index in [-0.39, 0.29) is 0 Å². The minimum atomic E-state index is 0.762. The van der Waals surface area contributed by atoms with E-state index in [0.29, 0.717) is 0 Å². The number of nitrogens with two attached hydrogens (primary N) is 1. The minimum Gasteiger partial charge on any atom is -0.399 e. The van der Waals surface area contributed by atoms with E-state index in [9.17, 15) is 0 Å². The van der Waals surface area contributed by atoms with Crippen molar-refractivity contribution >= 4 is 5.69 Å². The van der Waals surface area contributed by atoms with Crippen molar-refractivity contribution in [3.8, 4) is 11.1 Å². The van der Waals surface area contributed by atoms with Gasteiger partial charge in [0.2, 0.25) is 0 Å². The summed E-state index contributed by atoms with van der Waals surface area (Å²) in [7, 11) is 0. The van der Waals surface area contributed by atoms with Gasteiger partial charge in [0.25, 0.3) is 0 Å². The summed E-state index contributed by atoms with van der Waals surface area (Å²) >= 11 is 0. The second-order valence-electron chi connectivity index (χ2n) is 5.29. The third-order valence-electron chi connectivity index (χ3n) is 4.05. The minimum absolute atomic E-state index is 0.762. The summed E-state index contributed by atoms with van der Waals surface area (Å²) < 4.78 is 0. The molecule has 0 amide bonds. The largest absolute Gasteiger partial charge is 0.399 e. The summed E-state index contributed by atoms with van der Waals surface area (Å²) in [5, 5.41) is 0. The van der Waals surface area contributed by atoms with E-state index in [0.717, 1.165) is 11.6 Å². The smallest absolute Gasteiger partial charge is 0.0317 e. The monoisotopic (exact) mass is 237 g/mol. The molecule has 18 heavy (non-hydrogen) atoms. The van der Waals surface area contributed by atoms with Crippen LogP contribution in [0.15, 0.2) is 42.5 Å². The molecule has 2 aromatic carbocycles. The van der Waals surface area contributed by atoms with Gasteiger partial charge in [-0.15, -0.1) is 0 Å². The number of hydrogen-bond donors (Lipinski definition) is 1. The van der Waals surface area contributed by atoms with Crippen molar-refractivity contribution in [3.63, 3.8) is 0 Å². The van der Waals surface area contributed by atoms with Crippen molar-refractivity contribution in [1.29, 1.82) is 0 Å². The quantitative estimate of drug-likeness (QED) is 0.764. The van der Waals surface area contributed by atoms with Gasteiger partial charge in [-0.25, -0.2) is 0 Å². The molecule has 92 valence electrons. The molecule has 0 heterocycles. The van der Waals surface area contributed by atoms with Crippen molar-refractivity contribution in [2.45, 2.75) is 32.1 Å². The molecule has 0 bridgehead atoms. The summed E-state index contributed by atoms with van der Waals surface area (Å²) in [5.41, 5.74) is 12.2. The van der Waals surface area contributed by atoms with Gasteiger partial charge in [-0.1, -0.05) is 36.8 Å². The van der Waals surface area contributed by atoms with Crippen LogP contribution in [0.5, 0.6) is 0 Å². The molecule has 1 aliphatic rings. The summed E-state index contributed by atoms with van der Waals surface area (Å²) in [6.45, 7) is 2.14. The van der Waals surface area contributed by atoms with Crippen LogP contribution in [0.1, 0.15) is 36.3 Å². The molecular formula is C17H19N. The Hall–Kier alpha value is -1.76. The third kappa shape index (κ3) is 1.90. The molecule has 2 aromatic rings. The number of nitrogen functional groups attached to an aromatic ring is 1. The van der Waals surface area contributed by atoms with Crippen LogP contribution in [0.2, 0.25) is 0 Å². The van der Waals surface area contributed by atoms with E-state index in [1.807, 2.05) is 6.07 Å². The van der Waals surface area contributed by atoms with E-state index >= 15 is 0 Å². The topological polar surface area (TPSA) is 26.0 Å². The van der Waals surface area contributed by atoms with E-state index in [4.69, 9.17) is 5.73 Å². The number of hydrogen-bond acceptors (Lipinski definition) is 1. The average molecular weight is 237 g/mol. The van der Waals surface area contributed by atoms with Gasteiger partial charge in [-0.2, -0.15) is 0 Å². The molecule has 0 unspecified atom stereocenters. The van der Waals surface area contributed by atoms with Crippen LogP contribution in [-0.2, 0) is 0 Å². The highest BCUT2D eigenvalue weighted by Crippen LogP contribution is 2.41. The van der Waals surface area contributed by atoms with Gasteiger partial charge < -0.3 is 5.73 Å². The lowest BCUT2D eigenvalue weighted by Crippen LogP contribution is -2.10. The molecule has 1 saturated carbocycles. The molecule has 0 aliphatic heterocycles. The highest BCUT2D eigenvalue weighted by molar-refractivity contribution is 5.73. The Morgan fingerprint density at radius 2 is 1.78 bits per heavy atom. The van der Waals surface area contributed by atoms with Gasteiger partial charge >= 0.3 is 0 Å². The van der Waals surface area contributed by atoms with Crippen LogP contribution in [0.3, 0.4) is 0 Å². The Kier molecular flexibility index (Phi) is 2.83. The molecule has 0 atom stereocenters. The second kappa shape index (κ2) is 4.49. The van der Waals surface area contributed by atoms with Gasteiger partial charge in [0.1, 0.15) is 0 Å². The Bertz CT molecular complexity index is 568. The predicted molar refractivity (Wildman–Crippen MR) is 77.6 cm³/mol. The lowest BCUT2D eigenvalue weighted by molar-refractivity contribution is 0.420. The van der Waals surface area contributed by atoms with Gasteiger partial charge in [0, 0.05) is 5.69 Å². The maximum Gasteiger partial charge on any atom is 0.0317 e. The molecule has 1 fully saturated rings. The van der Waals surface area contributed by atoms with Gasteiger partial charge in [0.15, 0.2) is 0 Å². The zero-order valence-corrected chi connectivity index (χ0v) is 10.8. The summed E-state index contributed by atoms with van der Waals surface area (Å²) in [4.78, 5) is 0. The summed E-state index contributed by atoms with van der Waals surface area (Å²) in [5.74, 6) is 0.762.